The number of benzene rings is 2. The van der Waals surface area contributed by atoms with Crippen molar-refractivity contribution in [2.24, 2.45) is 0 Å². The molecule has 1 N–H and O–H groups in total. The van der Waals surface area contributed by atoms with Gasteiger partial charge in [0.15, 0.2) is 0 Å². The van der Waals surface area contributed by atoms with Gasteiger partial charge in [-0.1, -0.05) is 26.0 Å². The van der Waals surface area contributed by atoms with Crippen LogP contribution in [0.5, 0.6) is 5.75 Å². The molecule has 0 radical (unpaired) electrons. The van der Waals surface area contributed by atoms with Gasteiger partial charge in [0.1, 0.15) is 10.6 Å². The van der Waals surface area contributed by atoms with Crippen molar-refractivity contribution in [3.63, 3.8) is 0 Å². The van der Waals surface area contributed by atoms with E-state index >= 15 is 0 Å². The monoisotopic (exact) mass is 452 g/mol. The van der Waals surface area contributed by atoms with E-state index in [2.05, 4.69) is 18.6 Å². The number of nitrogens with zero attached hydrogens (tertiary/aromatic N) is 1. The van der Waals surface area contributed by atoms with Crippen LogP contribution in [0.4, 0.5) is 11.4 Å². The number of sulfonamides is 2. The molecule has 1 aliphatic heterocycles. The topological polar surface area (TPSA) is 92.8 Å². The van der Waals surface area contributed by atoms with Gasteiger partial charge in [-0.05, 0) is 61.6 Å². The van der Waals surface area contributed by atoms with E-state index in [-0.39, 0.29) is 23.0 Å². The Kier molecular flexibility index (Phi) is 6.62. The first-order chi connectivity index (χ1) is 14.1. The Balaban J connectivity index is 1.98. The van der Waals surface area contributed by atoms with Gasteiger partial charge < -0.3 is 4.74 Å². The Hall–Kier alpha value is -2.26. The van der Waals surface area contributed by atoms with Crippen molar-refractivity contribution in [3.05, 3.63) is 48.0 Å². The molecule has 0 bridgehead atoms. The largest absolute Gasteiger partial charge is 0.492 e. The lowest BCUT2D eigenvalue weighted by Crippen LogP contribution is -2.37. The summed E-state index contributed by atoms with van der Waals surface area (Å²) in [7, 11) is -7.45. The van der Waals surface area contributed by atoms with E-state index in [9.17, 15) is 16.8 Å². The summed E-state index contributed by atoms with van der Waals surface area (Å²) in [6, 6.07) is 11.7. The van der Waals surface area contributed by atoms with E-state index in [1.807, 2.05) is 12.1 Å². The average molecular weight is 453 g/mol. The van der Waals surface area contributed by atoms with Crippen molar-refractivity contribution in [1.29, 1.82) is 0 Å². The van der Waals surface area contributed by atoms with Crippen LogP contribution < -0.4 is 13.8 Å². The molecular weight excluding hydrogens is 424 g/mol. The zero-order chi connectivity index (χ0) is 21.9. The molecule has 164 valence electrons. The van der Waals surface area contributed by atoms with Crippen LogP contribution in [0.25, 0.3) is 0 Å². The fourth-order valence-corrected chi connectivity index (χ4v) is 6.22. The fraction of sp³-hybridized carbons (Fsp3) is 0.429. The quantitative estimate of drug-likeness (QED) is 0.687. The second-order valence-corrected chi connectivity index (χ2v) is 11.2. The lowest BCUT2D eigenvalue weighted by molar-refractivity contribution is 0.331. The Bertz CT molecular complexity index is 1090. The number of anilines is 2. The molecule has 1 fully saturated rings. The van der Waals surface area contributed by atoms with E-state index in [4.69, 9.17) is 4.74 Å². The molecule has 2 aromatic carbocycles. The first-order valence-electron chi connectivity index (χ1n) is 10.0. The van der Waals surface area contributed by atoms with Crippen molar-refractivity contribution in [2.75, 3.05) is 27.9 Å². The van der Waals surface area contributed by atoms with Crippen LogP contribution >= 0.6 is 0 Å². The fourth-order valence-electron chi connectivity index (χ4n) is 3.36. The first-order valence-corrected chi connectivity index (χ1v) is 13.1. The van der Waals surface area contributed by atoms with Crippen LogP contribution in [0.15, 0.2) is 47.4 Å². The summed E-state index contributed by atoms with van der Waals surface area (Å²) < 4.78 is 60.6. The molecule has 1 aliphatic rings. The van der Waals surface area contributed by atoms with Gasteiger partial charge in [-0.15, -0.1) is 0 Å². The van der Waals surface area contributed by atoms with Gasteiger partial charge in [0.25, 0.3) is 10.0 Å². The molecule has 1 saturated heterocycles. The molecule has 9 heteroatoms. The summed E-state index contributed by atoms with van der Waals surface area (Å²) in [5, 5.41) is 0. The summed E-state index contributed by atoms with van der Waals surface area (Å²) in [5.74, 6) is 0.577. The Labute approximate surface area is 179 Å². The summed E-state index contributed by atoms with van der Waals surface area (Å²) in [5.41, 5.74) is 1.86. The van der Waals surface area contributed by atoms with Crippen LogP contribution in [-0.2, 0) is 20.0 Å². The molecule has 30 heavy (non-hydrogen) atoms. The Morgan fingerprint density at radius 2 is 1.80 bits per heavy atom. The summed E-state index contributed by atoms with van der Waals surface area (Å²) >= 11 is 0. The van der Waals surface area contributed by atoms with Crippen LogP contribution in [0.2, 0.25) is 0 Å². The van der Waals surface area contributed by atoms with E-state index in [1.54, 1.807) is 25.1 Å². The number of ether oxygens (including phenoxy) is 1. The van der Waals surface area contributed by atoms with Gasteiger partial charge in [0, 0.05) is 12.2 Å². The van der Waals surface area contributed by atoms with Gasteiger partial charge in [-0.3, -0.25) is 9.03 Å². The molecule has 0 amide bonds. The van der Waals surface area contributed by atoms with Gasteiger partial charge in [-0.2, -0.15) is 0 Å². The summed E-state index contributed by atoms with van der Waals surface area (Å²) in [4.78, 5) is -0.0874. The normalized spacial score (nSPS) is 16.5. The van der Waals surface area contributed by atoms with Crippen molar-refractivity contribution in [2.45, 2.75) is 44.4 Å². The second kappa shape index (κ2) is 8.85. The summed E-state index contributed by atoms with van der Waals surface area (Å²) in [6.07, 6.45) is 1.34. The average Bonchev–Trinajstić information content (AvgIpc) is 2.68. The third-order valence-corrected chi connectivity index (χ3v) is 8.26. The third kappa shape index (κ3) is 4.89. The highest BCUT2D eigenvalue weighted by atomic mass is 32.2. The molecule has 0 aliphatic carbocycles. The summed E-state index contributed by atoms with van der Waals surface area (Å²) in [6.45, 7) is 6.51. The maximum atomic E-state index is 13.2. The minimum atomic E-state index is -3.99. The molecule has 1 heterocycles. The van der Waals surface area contributed by atoms with Gasteiger partial charge in [0.2, 0.25) is 10.0 Å². The number of hydrogen-bond donors (Lipinski definition) is 1. The smallest absolute Gasteiger partial charge is 0.265 e. The van der Waals surface area contributed by atoms with Gasteiger partial charge in [-0.25, -0.2) is 16.8 Å². The maximum Gasteiger partial charge on any atom is 0.265 e. The van der Waals surface area contributed by atoms with Crippen LogP contribution in [-0.4, -0.2) is 35.7 Å². The minimum absolute atomic E-state index is 0.0583. The number of nitrogens with one attached hydrogen (secondary N) is 1. The van der Waals surface area contributed by atoms with E-state index in [1.165, 1.54) is 16.4 Å². The number of rotatable bonds is 7. The lowest BCUT2D eigenvalue weighted by Gasteiger charge is -2.28. The Morgan fingerprint density at radius 3 is 2.40 bits per heavy atom. The predicted octanol–water partition coefficient (Wildman–Crippen LogP) is 3.94. The van der Waals surface area contributed by atoms with E-state index in [0.29, 0.717) is 30.3 Å². The van der Waals surface area contributed by atoms with Crippen molar-refractivity contribution < 1.29 is 21.6 Å². The van der Waals surface area contributed by atoms with Gasteiger partial charge >= 0.3 is 0 Å². The first kappa shape index (κ1) is 22.4. The lowest BCUT2D eigenvalue weighted by atomic mass is 10.0. The number of hydrogen-bond acceptors (Lipinski definition) is 5. The highest BCUT2D eigenvalue weighted by Crippen LogP contribution is 2.33. The minimum Gasteiger partial charge on any atom is -0.492 e. The second-order valence-electron chi connectivity index (χ2n) is 7.54. The molecule has 0 spiro atoms. The predicted molar refractivity (Wildman–Crippen MR) is 119 cm³/mol. The molecule has 2 aromatic rings. The third-order valence-electron chi connectivity index (χ3n) is 4.98. The zero-order valence-electron chi connectivity index (χ0n) is 17.5. The highest BCUT2D eigenvalue weighted by molar-refractivity contribution is 7.93. The molecule has 0 unspecified atom stereocenters. The molecule has 0 saturated carbocycles. The molecular formula is C21H28N2O5S2. The van der Waals surface area contributed by atoms with E-state index in [0.717, 1.165) is 12.0 Å². The van der Waals surface area contributed by atoms with E-state index < -0.39 is 20.0 Å². The molecule has 3 rings (SSSR count). The van der Waals surface area contributed by atoms with Crippen molar-refractivity contribution in [3.8, 4) is 5.75 Å². The standard InChI is InChI=1S/C21H28N2O5S2/c1-4-28-20-12-11-19(23-13-5-6-14-29(23,24)25)15-21(20)30(26,27)22-18-9-7-17(8-10-18)16(2)3/h7-12,15-16,22H,4-6,13-14H2,1-3H3. The maximum absolute atomic E-state index is 13.2. The van der Waals surface area contributed by atoms with Gasteiger partial charge in [0.05, 0.1) is 18.0 Å². The van der Waals surface area contributed by atoms with Crippen molar-refractivity contribution >= 4 is 31.4 Å². The highest BCUT2D eigenvalue weighted by Gasteiger charge is 2.29. The zero-order valence-corrected chi connectivity index (χ0v) is 19.1. The van der Waals surface area contributed by atoms with Crippen LogP contribution in [0.1, 0.15) is 45.1 Å². The van der Waals surface area contributed by atoms with Crippen molar-refractivity contribution in [1.82, 2.24) is 0 Å². The van der Waals surface area contributed by atoms with Crippen LogP contribution in [0, 0.1) is 0 Å². The SMILES string of the molecule is CCOc1ccc(N2CCCCS2(=O)=O)cc1S(=O)(=O)Nc1ccc(C(C)C)cc1. The Morgan fingerprint density at radius 1 is 1.10 bits per heavy atom. The molecule has 7 nitrogen and oxygen atoms in total. The molecule has 0 aromatic heterocycles. The molecule has 0 atom stereocenters. The van der Waals surface area contributed by atoms with Crippen LogP contribution in [0.3, 0.4) is 0 Å².